The standard InChI is InChI=1S/C17H23N3OS/c1-13(11-16-5-4-10-22-16)12-19-17(21)20(3)14(2)15-6-8-18-9-7-15/h4-10,13-14H,11-12H2,1-3H3,(H,19,21)/t13-,14-/m0/s1. The minimum atomic E-state index is -0.0395. The van der Waals surface area contributed by atoms with Gasteiger partial charge in [0.2, 0.25) is 0 Å². The quantitative estimate of drug-likeness (QED) is 0.882. The Morgan fingerprint density at radius 3 is 2.68 bits per heavy atom. The van der Waals surface area contributed by atoms with Crippen molar-refractivity contribution in [3.63, 3.8) is 0 Å². The molecule has 0 saturated heterocycles. The van der Waals surface area contributed by atoms with E-state index >= 15 is 0 Å². The topological polar surface area (TPSA) is 45.2 Å². The third-order valence-electron chi connectivity index (χ3n) is 3.82. The van der Waals surface area contributed by atoms with Crippen molar-refractivity contribution in [1.29, 1.82) is 0 Å². The van der Waals surface area contributed by atoms with Crippen LogP contribution in [0.2, 0.25) is 0 Å². The molecule has 5 heteroatoms. The van der Waals surface area contributed by atoms with Crippen LogP contribution >= 0.6 is 11.3 Å². The maximum atomic E-state index is 12.3. The molecule has 0 bridgehead atoms. The van der Waals surface area contributed by atoms with Gasteiger partial charge in [-0.3, -0.25) is 4.98 Å². The van der Waals surface area contributed by atoms with E-state index in [1.807, 2.05) is 26.1 Å². The Bertz CT molecular complexity index is 571. The number of urea groups is 1. The Morgan fingerprint density at radius 1 is 1.32 bits per heavy atom. The van der Waals surface area contributed by atoms with Crippen molar-refractivity contribution < 1.29 is 4.79 Å². The van der Waals surface area contributed by atoms with Gasteiger partial charge in [-0.05, 0) is 48.4 Å². The molecule has 1 N–H and O–H groups in total. The molecule has 4 nitrogen and oxygen atoms in total. The minimum Gasteiger partial charge on any atom is -0.338 e. The molecule has 0 saturated carbocycles. The number of hydrogen-bond donors (Lipinski definition) is 1. The summed E-state index contributed by atoms with van der Waals surface area (Å²) in [6.45, 7) is 4.86. The number of hydrogen-bond acceptors (Lipinski definition) is 3. The smallest absolute Gasteiger partial charge is 0.317 e. The van der Waals surface area contributed by atoms with Crippen LogP contribution in [0.3, 0.4) is 0 Å². The zero-order valence-corrected chi connectivity index (χ0v) is 14.1. The summed E-state index contributed by atoms with van der Waals surface area (Å²) in [6.07, 6.45) is 4.50. The van der Waals surface area contributed by atoms with Gasteiger partial charge in [-0.15, -0.1) is 11.3 Å². The minimum absolute atomic E-state index is 0.0237. The molecule has 0 aromatic carbocycles. The van der Waals surface area contributed by atoms with Crippen molar-refractivity contribution in [2.75, 3.05) is 13.6 Å². The van der Waals surface area contributed by atoms with E-state index in [9.17, 15) is 4.79 Å². The highest BCUT2D eigenvalue weighted by Gasteiger charge is 2.17. The van der Waals surface area contributed by atoms with Gasteiger partial charge in [-0.1, -0.05) is 13.0 Å². The lowest BCUT2D eigenvalue weighted by atomic mass is 10.1. The highest BCUT2D eigenvalue weighted by atomic mass is 32.1. The van der Waals surface area contributed by atoms with Gasteiger partial charge in [-0.2, -0.15) is 0 Å². The molecule has 0 aliphatic heterocycles. The van der Waals surface area contributed by atoms with E-state index in [0.29, 0.717) is 12.5 Å². The fourth-order valence-electron chi connectivity index (χ4n) is 2.27. The maximum absolute atomic E-state index is 12.3. The van der Waals surface area contributed by atoms with Gasteiger partial charge < -0.3 is 10.2 Å². The lowest BCUT2D eigenvalue weighted by Gasteiger charge is -2.26. The maximum Gasteiger partial charge on any atom is 0.317 e. The van der Waals surface area contributed by atoms with Crippen molar-refractivity contribution in [1.82, 2.24) is 15.2 Å². The number of aromatic nitrogens is 1. The Hall–Kier alpha value is -1.88. The van der Waals surface area contributed by atoms with Crippen molar-refractivity contribution >= 4 is 17.4 Å². The monoisotopic (exact) mass is 317 g/mol. The van der Waals surface area contributed by atoms with E-state index in [4.69, 9.17) is 0 Å². The molecule has 0 unspecified atom stereocenters. The van der Waals surface area contributed by atoms with E-state index in [2.05, 4.69) is 34.7 Å². The summed E-state index contributed by atoms with van der Waals surface area (Å²) in [5.41, 5.74) is 1.08. The zero-order chi connectivity index (χ0) is 15.9. The van der Waals surface area contributed by atoms with Gasteiger partial charge in [-0.25, -0.2) is 4.79 Å². The number of carbonyl (C=O) groups excluding carboxylic acids is 1. The highest BCUT2D eigenvalue weighted by molar-refractivity contribution is 7.09. The largest absolute Gasteiger partial charge is 0.338 e. The number of pyridine rings is 1. The average molecular weight is 317 g/mol. The molecule has 2 aromatic heterocycles. The lowest BCUT2D eigenvalue weighted by molar-refractivity contribution is 0.193. The number of amides is 2. The van der Waals surface area contributed by atoms with E-state index in [1.165, 1.54) is 4.88 Å². The molecule has 0 aliphatic carbocycles. The highest BCUT2D eigenvalue weighted by Crippen LogP contribution is 2.18. The van der Waals surface area contributed by atoms with Crippen molar-refractivity contribution in [2.24, 2.45) is 5.92 Å². The normalized spacial score (nSPS) is 13.4. The second-order valence-corrected chi connectivity index (χ2v) is 6.67. The van der Waals surface area contributed by atoms with Crippen molar-refractivity contribution in [3.8, 4) is 0 Å². The van der Waals surface area contributed by atoms with E-state index in [1.54, 1.807) is 28.6 Å². The van der Waals surface area contributed by atoms with Gasteiger partial charge in [0.05, 0.1) is 6.04 Å². The molecule has 118 valence electrons. The summed E-state index contributed by atoms with van der Waals surface area (Å²) >= 11 is 1.76. The third-order valence-corrected chi connectivity index (χ3v) is 4.72. The first-order valence-corrected chi connectivity index (χ1v) is 8.39. The number of nitrogens with one attached hydrogen (secondary N) is 1. The van der Waals surface area contributed by atoms with Crippen LogP contribution in [0, 0.1) is 5.92 Å². The molecule has 0 spiro atoms. The number of carbonyl (C=O) groups is 1. The van der Waals surface area contributed by atoms with Crippen LogP contribution < -0.4 is 5.32 Å². The third kappa shape index (κ3) is 4.56. The molecule has 2 amide bonds. The molecule has 2 heterocycles. The molecular weight excluding hydrogens is 294 g/mol. The second kappa shape index (κ2) is 7.94. The van der Waals surface area contributed by atoms with Crippen molar-refractivity contribution in [2.45, 2.75) is 26.3 Å². The van der Waals surface area contributed by atoms with Gasteiger partial charge in [0.25, 0.3) is 0 Å². The first-order valence-electron chi connectivity index (χ1n) is 7.51. The molecular formula is C17H23N3OS. The summed E-state index contributed by atoms with van der Waals surface area (Å²) in [5, 5.41) is 5.11. The predicted molar refractivity (Wildman–Crippen MR) is 91.0 cm³/mol. The van der Waals surface area contributed by atoms with Crippen molar-refractivity contribution in [3.05, 3.63) is 52.5 Å². The Kier molecular flexibility index (Phi) is 5.95. The van der Waals surface area contributed by atoms with Crippen LogP contribution in [0.4, 0.5) is 4.79 Å². The van der Waals surface area contributed by atoms with Crippen LogP contribution in [0.25, 0.3) is 0 Å². The van der Waals surface area contributed by atoms with Gasteiger partial charge in [0.15, 0.2) is 0 Å². The summed E-state index contributed by atoms with van der Waals surface area (Å²) in [5.74, 6) is 0.423. The second-order valence-electron chi connectivity index (χ2n) is 5.64. The van der Waals surface area contributed by atoms with Gasteiger partial charge in [0, 0.05) is 30.9 Å². The van der Waals surface area contributed by atoms with Crippen LogP contribution in [0.15, 0.2) is 42.0 Å². The fraction of sp³-hybridized carbons (Fsp3) is 0.412. The molecule has 0 radical (unpaired) electrons. The van der Waals surface area contributed by atoms with E-state index in [0.717, 1.165) is 12.0 Å². The first-order chi connectivity index (χ1) is 10.6. The SMILES string of the molecule is C[C@H](CNC(=O)N(C)[C@@H](C)c1ccncc1)Cc1cccs1. The predicted octanol–water partition coefficient (Wildman–Crippen LogP) is 3.72. The summed E-state index contributed by atoms with van der Waals surface area (Å²) in [4.78, 5) is 19.4. The summed E-state index contributed by atoms with van der Waals surface area (Å²) < 4.78 is 0. The number of rotatable bonds is 6. The molecule has 2 rings (SSSR count). The molecule has 2 aromatic rings. The Balaban J connectivity index is 1.81. The molecule has 0 aliphatic rings. The Labute approximate surface area is 136 Å². The Morgan fingerprint density at radius 2 is 2.05 bits per heavy atom. The first kappa shape index (κ1) is 16.5. The van der Waals surface area contributed by atoms with Gasteiger partial charge in [0.1, 0.15) is 0 Å². The summed E-state index contributed by atoms with van der Waals surface area (Å²) in [6, 6.07) is 8.07. The molecule has 2 atom stereocenters. The molecule has 22 heavy (non-hydrogen) atoms. The van der Waals surface area contributed by atoms with Crippen LogP contribution in [-0.2, 0) is 6.42 Å². The average Bonchev–Trinajstić information content (AvgIpc) is 3.05. The number of thiophene rings is 1. The molecule has 0 fully saturated rings. The van der Waals surface area contributed by atoms with Crippen LogP contribution in [0.5, 0.6) is 0 Å². The van der Waals surface area contributed by atoms with E-state index in [-0.39, 0.29) is 12.1 Å². The van der Waals surface area contributed by atoms with Crippen LogP contribution in [0.1, 0.15) is 30.3 Å². The zero-order valence-electron chi connectivity index (χ0n) is 13.3. The van der Waals surface area contributed by atoms with E-state index < -0.39 is 0 Å². The van der Waals surface area contributed by atoms with Gasteiger partial charge >= 0.3 is 6.03 Å². The fourth-order valence-corrected chi connectivity index (χ4v) is 3.14. The lowest BCUT2D eigenvalue weighted by Crippen LogP contribution is -2.40. The number of nitrogens with zero attached hydrogens (tertiary/aromatic N) is 2. The van der Waals surface area contributed by atoms with Crippen LogP contribution in [-0.4, -0.2) is 29.5 Å². The summed E-state index contributed by atoms with van der Waals surface area (Å²) in [7, 11) is 1.82.